The molecule has 1 aliphatic heterocycles. The third-order valence-corrected chi connectivity index (χ3v) is 4.51. The van der Waals surface area contributed by atoms with E-state index in [0.29, 0.717) is 23.8 Å². The molecule has 0 aromatic carbocycles. The molecule has 0 aromatic rings. The van der Waals surface area contributed by atoms with Gasteiger partial charge in [-0.05, 0) is 24.2 Å². The van der Waals surface area contributed by atoms with Gasteiger partial charge in [-0.3, -0.25) is 4.79 Å². The van der Waals surface area contributed by atoms with Crippen molar-refractivity contribution in [2.24, 2.45) is 17.8 Å². The third-order valence-electron chi connectivity index (χ3n) is 4.51. The second kappa shape index (κ2) is 5.88. The first-order valence-electron chi connectivity index (χ1n) is 7.46. The first-order chi connectivity index (χ1) is 8.16. The number of rotatable bonds is 3. The van der Waals surface area contributed by atoms with Crippen LogP contribution in [-0.2, 0) is 4.79 Å². The largest absolute Gasteiger partial charge is 0.353 e. The summed E-state index contributed by atoms with van der Waals surface area (Å²) in [5, 5.41) is 3.21. The van der Waals surface area contributed by atoms with Gasteiger partial charge < -0.3 is 5.32 Å². The molecular weight excluding hydrogens is 210 g/mol. The highest BCUT2D eigenvalue weighted by Crippen LogP contribution is 2.36. The van der Waals surface area contributed by atoms with Crippen LogP contribution < -0.4 is 5.32 Å². The Bertz CT molecular complexity index is 254. The summed E-state index contributed by atoms with van der Waals surface area (Å²) in [6.07, 6.45) is 10.2. The first-order valence-corrected chi connectivity index (χ1v) is 7.46. The lowest BCUT2D eigenvalue weighted by molar-refractivity contribution is -0.119. The van der Waals surface area contributed by atoms with Crippen molar-refractivity contribution >= 4 is 5.91 Å². The van der Waals surface area contributed by atoms with E-state index < -0.39 is 0 Å². The maximum atomic E-state index is 11.7. The molecule has 98 valence electrons. The van der Waals surface area contributed by atoms with E-state index in [-0.39, 0.29) is 0 Å². The minimum Gasteiger partial charge on any atom is -0.353 e. The highest BCUT2D eigenvalue weighted by atomic mass is 16.2. The van der Waals surface area contributed by atoms with Crippen LogP contribution in [0.4, 0.5) is 0 Å². The molecule has 1 amide bonds. The van der Waals surface area contributed by atoms with Crippen molar-refractivity contribution in [1.29, 1.82) is 0 Å². The third kappa shape index (κ3) is 3.46. The smallest absolute Gasteiger partial charge is 0.220 e. The molecule has 2 unspecified atom stereocenters. The van der Waals surface area contributed by atoms with Crippen LogP contribution in [0.15, 0.2) is 0 Å². The van der Waals surface area contributed by atoms with Crippen molar-refractivity contribution in [1.82, 2.24) is 5.32 Å². The molecule has 17 heavy (non-hydrogen) atoms. The fourth-order valence-electron chi connectivity index (χ4n) is 3.70. The highest BCUT2D eigenvalue weighted by Gasteiger charge is 2.37. The van der Waals surface area contributed by atoms with Crippen LogP contribution >= 0.6 is 0 Å². The highest BCUT2D eigenvalue weighted by molar-refractivity contribution is 5.79. The van der Waals surface area contributed by atoms with Crippen molar-refractivity contribution in [3.8, 4) is 0 Å². The van der Waals surface area contributed by atoms with E-state index in [1.807, 2.05) is 0 Å². The van der Waals surface area contributed by atoms with Gasteiger partial charge in [0.05, 0.1) is 0 Å². The van der Waals surface area contributed by atoms with Gasteiger partial charge in [0.2, 0.25) is 5.91 Å². The van der Waals surface area contributed by atoms with Crippen LogP contribution in [-0.4, -0.2) is 11.9 Å². The molecule has 0 radical (unpaired) electrons. The van der Waals surface area contributed by atoms with Gasteiger partial charge in [0.15, 0.2) is 0 Å². The summed E-state index contributed by atoms with van der Waals surface area (Å²) in [7, 11) is 0. The Morgan fingerprint density at radius 1 is 1.18 bits per heavy atom. The maximum absolute atomic E-state index is 11.7. The molecule has 0 aromatic heterocycles. The van der Waals surface area contributed by atoms with Crippen LogP contribution in [0.1, 0.15) is 65.2 Å². The summed E-state index contributed by atoms with van der Waals surface area (Å²) in [4.78, 5) is 11.7. The number of carbonyl (C=O) groups excluding carboxylic acids is 1. The lowest BCUT2D eigenvalue weighted by Crippen LogP contribution is -2.33. The van der Waals surface area contributed by atoms with Crippen molar-refractivity contribution in [3.63, 3.8) is 0 Å². The number of hydrogen-bond acceptors (Lipinski definition) is 1. The molecule has 1 saturated heterocycles. The molecular formula is C15H27NO. The van der Waals surface area contributed by atoms with Crippen molar-refractivity contribution < 1.29 is 4.79 Å². The van der Waals surface area contributed by atoms with E-state index in [1.54, 1.807) is 0 Å². The zero-order valence-electron chi connectivity index (χ0n) is 11.4. The Hall–Kier alpha value is -0.530. The zero-order valence-corrected chi connectivity index (χ0v) is 11.4. The van der Waals surface area contributed by atoms with Gasteiger partial charge in [-0.15, -0.1) is 0 Å². The second-order valence-electron chi connectivity index (χ2n) is 6.42. The monoisotopic (exact) mass is 237 g/mol. The molecule has 2 atom stereocenters. The summed E-state index contributed by atoms with van der Waals surface area (Å²) >= 11 is 0. The summed E-state index contributed by atoms with van der Waals surface area (Å²) in [6, 6.07) is 0.464. The average Bonchev–Trinajstić information content (AvgIpc) is 2.52. The predicted octanol–water partition coefficient (Wildman–Crippen LogP) is 3.51. The summed E-state index contributed by atoms with van der Waals surface area (Å²) in [5.41, 5.74) is 0. The fraction of sp³-hybridized carbons (Fsp3) is 0.933. The molecule has 2 heteroatoms. The van der Waals surface area contributed by atoms with E-state index in [4.69, 9.17) is 0 Å². The van der Waals surface area contributed by atoms with Gasteiger partial charge in [0.25, 0.3) is 0 Å². The molecule has 2 aliphatic rings. The fourth-order valence-corrected chi connectivity index (χ4v) is 3.70. The van der Waals surface area contributed by atoms with Crippen LogP contribution in [0.3, 0.4) is 0 Å². The Morgan fingerprint density at radius 2 is 1.82 bits per heavy atom. The quantitative estimate of drug-likeness (QED) is 0.748. The average molecular weight is 237 g/mol. The topological polar surface area (TPSA) is 29.1 Å². The maximum Gasteiger partial charge on any atom is 0.220 e. The standard InChI is InChI=1S/C15H27NO/c1-11(2)9-14-13(10-15(17)16-14)12-7-5-3-4-6-8-12/h11-14H,3-10H2,1-2H3,(H,16,17). The summed E-state index contributed by atoms with van der Waals surface area (Å²) < 4.78 is 0. The van der Waals surface area contributed by atoms with Gasteiger partial charge in [-0.2, -0.15) is 0 Å². The van der Waals surface area contributed by atoms with Crippen molar-refractivity contribution in [2.45, 2.75) is 71.3 Å². The molecule has 1 heterocycles. The predicted molar refractivity (Wildman–Crippen MR) is 70.7 cm³/mol. The van der Waals surface area contributed by atoms with E-state index in [0.717, 1.165) is 18.8 Å². The number of nitrogens with one attached hydrogen (secondary N) is 1. The lowest BCUT2D eigenvalue weighted by atomic mass is 9.79. The Balaban J connectivity index is 1.98. The van der Waals surface area contributed by atoms with E-state index in [9.17, 15) is 4.79 Å². The van der Waals surface area contributed by atoms with Crippen LogP contribution in [0, 0.1) is 17.8 Å². The SMILES string of the molecule is CC(C)CC1NC(=O)CC1C1CCCCCC1. The van der Waals surface area contributed by atoms with E-state index >= 15 is 0 Å². The van der Waals surface area contributed by atoms with Crippen molar-refractivity contribution in [2.75, 3.05) is 0 Å². The first kappa shape index (κ1) is 12.9. The zero-order chi connectivity index (χ0) is 12.3. The molecule has 0 bridgehead atoms. The number of amides is 1. The molecule has 1 saturated carbocycles. The van der Waals surface area contributed by atoms with Gasteiger partial charge >= 0.3 is 0 Å². The summed E-state index contributed by atoms with van der Waals surface area (Å²) in [5.74, 6) is 2.42. The lowest BCUT2D eigenvalue weighted by Gasteiger charge is -2.27. The molecule has 2 nitrogen and oxygen atoms in total. The van der Waals surface area contributed by atoms with Crippen molar-refractivity contribution in [3.05, 3.63) is 0 Å². The second-order valence-corrected chi connectivity index (χ2v) is 6.42. The minimum atomic E-state index is 0.296. The molecule has 1 N–H and O–H groups in total. The Kier molecular flexibility index (Phi) is 4.47. The Labute approximate surface area is 106 Å². The Morgan fingerprint density at radius 3 is 2.41 bits per heavy atom. The number of hydrogen-bond donors (Lipinski definition) is 1. The van der Waals surface area contributed by atoms with Gasteiger partial charge in [-0.1, -0.05) is 52.4 Å². The van der Waals surface area contributed by atoms with E-state index in [2.05, 4.69) is 19.2 Å². The van der Waals surface area contributed by atoms with E-state index in [1.165, 1.54) is 38.5 Å². The normalized spacial score (nSPS) is 31.6. The van der Waals surface area contributed by atoms with Gasteiger partial charge in [0, 0.05) is 12.5 Å². The van der Waals surface area contributed by atoms with Crippen LogP contribution in [0.2, 0.25) is 0 Å². The van der Waals surface area contributed by atoms with Gasteiger partial charge in [0.1, 0.15) is 0 Å². The number of carbonyl (C=O) groups is 1. The van der Waals surface area contributed by atoms with Crippen LogP contribution in [0.25, 0.3) is 0 Å². The van der Waals surface area contributed by atoms with Crippen LogP contribution in [0.5, 0.6) is 0 Å². The minimum absolute atomic E-state index is 0.296. The summed E-state index contributed by atoms with van der Waals surface area (Å²) in [6.45, 7) is 4.52. The van der Waals surface area contributed by atoms with Gasteiger partial charge in [-0.25, -0.2) is 0 Å². The molecule has 2 rings (SSSR count). The molecule has 2 fully saturated rings. The molecule has 1 aliphatic carbocycles. The molecule has 0 spiro atoms.